The first kappa shape index (κ1) is 15.1. The van der Waals surface area contributed by atoms with Crippen molar-refractivity contribution in [3.63, 3.8) is 0 Å². The predicted molar refractivity (Wildman–Crippen MR) is 86.1 cm³/mol. The van der Waals surface area contributed by atoms with Crippen LogP contribution in [0.1, 0.15) is 21.5 Å². The van der Waals surface area contributed by atoms with Crippen LogP contribution in [0.4, 0.5) is 0 Å². The molecule has 104 valence electrons. The average molecular weight is 353 g/mol. The molecule has 2 nitrogen and oxygen atoms in total. The monoisotopic (exact) mass is 351 g/mol. The van der Waals surface area contributed by atoms with E-state index in [2.05, 4.69) is 15.9 Å². The summed E-state index contributed by atoms with van der Waals surface area (Å²) in [4.78, 5) is 14.2. The number of hydrogen-bond acceptors (Lipinski definition) is 1. The third-order valence-corrected chi connectivity index (χ3v) is 4.06. The molecule has 0 aromatic heterocycles. The zero-order valence-corrected chi connectivity index (χ0v) is 13.7. The van der Waals surface area contributed by atoms with Gasteiger partial charge in [0.05, 0.1) is 0 Å². The Labute approximate surface area is 132 Å². The molecule has 0 heterocycles. The summed E-state index contributed by atoms with van der Waals surface area (Å²) in [5.41, 5.74) is 2.55. The fourth-order valence-electron chi connectivity index (χ4n) is 2.03. The normalized spacial score (nSPS) is 10.4. The number of nitrogens with zero attached hydrogens (tertiary/aromatic N) is 1. The molecule has 1 amide bonds. The van der Waals surface area contributed by atoms with Crippen molar-refractivity contribution in [1.82, 2.24) is 4.90 Å². The highest BCUT2D eigenvalue weighted by atomic mass is 79.9. The Morgan fingerprint density at radius 3 is 2.65 bits per heavy atom. The third-order valence-electron chi connectivity index (χ3n) is 3.15. The number of carbonyl (C=O) groups excluding carboxylic acids is 1. The van der Waals surface area contributed by atoms with E-state index in [-0.39, 0.29) is 5.91 Å². The van der Waals surface area contributed by atoms with E-state index in [9.17, 15) is 4.79 Å². The van der Waals surface area contributed by atoms with Gasteiger partial charge in [-0.1, -0.05) is 45.7 Å². The van der Waals surface area contributed by atoms with Gasteiger partial charge >= 0.3 is 0 Å². The molecule has 0 aliphatic carbocycles. The third kappa shape index (κ3) is 3.41. The minimum absolute atomic E-state index is 0.0232. The van der Waals surface area contributed by atoms with Crippen LogP contribution in [-0.2, 0) is 6.54 Å². The molecule has 0 saturated heterocycles. The van der Waals surface area contributed by atoms with Crippen LogP contribution in [0.5, 0.6) is 0 Å². The highest BCUT2D eigenvalue weighted by Crippen LogP contribution is 2.21. The maximum atomic E-state index is 12.5. The summed E-state index contributed by atoms with van der Waals surface area (Å²) in [7, 11) is 1.80. The highest BCUT2D eigenvalue weighted by molar-refractivity contribution is 9.10. The second-order valence-corrected chi connectivity index (χ2v) is 6.03. The molecule has 2 aromatic rings. The van der Waals surface area contributed by atoms with Gasteiger partial charge in [0.1, 0.15) is 0 Å². The van der Waals surface area contributed by atoms with E-state index >= 15 is 0 Å². The average Bonchev–Trinajstić information content (AvgIpc) is 2.41. The first-order valence-corrected chi connectivity index (χ1v) is 7.41. The molecule has 0 saturated carbocycles. The Bertz CT molecular complexity index is 642. The van der Waals surface area contributed by atoms with Gasteiger partial charge in [-0.3, -0.25) is 4.79 Å². The Hall–Kier alpha value is -1.32. The summed E-state index contributed by atoms with van der Waals surface area (Å²) in [5, 5.41) is 0.617. The van der Waals surface area contributed by atoms with Gasteiger partial charge in [0, 0.05) is 28.7 Å². The summed E-state index contributed by atoms with van der Waals surface area (Å²) >= 11 is 9.50. The molecule has 0 N–H and O–H groups in total. The molecule has 0 fully saturated rings. The Morgan fingerprint density at radius 2 is 1.95 bits per heavy atom. The first-order chi connectivity index (χ1) is 9.49. The largest absolute Gasteiger partial charge is 0.337 e. The Kier molecular flexibility index (Phi) is 4.84. The molecule has 0 spiro atoms. The van der Waals surface area contributed by atoms with Crippen molar-refractivity contribution in [2.75, 3.05) is 7.05 Å². The van der Waals surface area contributed by atoms with E-state index in [1.54, 1.807) is 30.1 Å². The van der Waals surface area contributed by atoms with E-state index in [0.717, 1.165) is 15.6 Å². The van der Waals surface area contributed by atoms with E-state index in [1.807, 2.05) is 31.2 Å². The molecule has 20 heavy (non-hydrogen) atoms. The summed E-state index contributed by atoms with van der Waals surface area (Å²) < 4.78 is 1.01. The molecular weight excluding hydrogens is 338 g/mol. The van der Waals surface area contributed by atoms with Gasteiger partial charge in [-0.15, -0.1) is 0 Å². The fourth-order valence-corrected chi connectivity index (χ4v) is 2.65. The Morgan fingerprint density at radius 1 is 1.25 bits per heavy atom. The molecule has 0 aliphatic heterocycles. The van der Waals surface area contributed by atoms with Crippen LogP contribution >= 0.6 is 27.5 Å². The van der Waals surface area contributed by atoms with Gasteiger partial charge in [-0.05, 0) is 42.3 Å². The van der Waals surface area contributed by atoms with Crippen LogP contribution in [0.2, 0.25) is 5.02 Å². The number of hydrogen-bond donors (Lipinski definition) is 0. The quantitative estimate of drug-likeness (QED) is 0.785. The van der Waals surface area contributed by atoms with Crippen LogP contribution in [0.3, 0.4) is 0 Å². The maximum absolute atomic E-state index is 12.5. The van der Waals surface area contributed by atoms with Crippen LogP contribution in [0.25, 0.3) is 0 Å². The van der Waals surface area contributed by atoms with Crippen molar-refractivity contribution < 1.29 is 4.79 Å². The summed E-state index contributed by atoms with van der Waals surface area (Å²) in [5.74, 6) is -0.0232. The van der Waals surface area contributed by atoms with E-state index in [1.165, 1.54) is 0 Å². The minimum Gasteiger partial charge on any atom is -0.337 e. The van der Waals surface area contributed by atoms with E-state index in [0.29, 0.717) is 17.1 Å². The van der Waals surface area contributed by atoms with Gasteiger partial charge in [-0.25, -0.2) is 0 Å². The molecule has 0 unspecified atom stereocenters. The fraction of sp³-hybridized carbons (Fsp3) is 0.188. The van der Waals surface area contributed by atoms with E-state index < -0.39 is 0 Å². The number of amides is 1. The first-order valence-electron chi connectivity index (χ1n) is 6.24. The van der Waals surface area contributed by atoms with Gasteiger partial charge in [0.2, 0.25) is 0 Å². The number of halogens is 2. The van der Waals surface area contributed by atoms with Crippen LogP contribution < -0.4 is 0 Å². The zero-order valence-electron chi connectivity index (χ0n) is 11.4. The minimum atomic E-state index is -0.0232. The number of benzene rings is 2. The van der Waals surface area contributed by atoms with Crippen molar-refractivity contribution in [3.05, 3.63) is 68.7 Å². The summed E-state index contributed by atoms with van der Waals surface area (Å²) in [6, 6.07) is 13.3. The standard InChI is InChI=1S/C16H15BrClNO/c1-11-14(7-4-8-15(11)18)16(20)19(2)10-12-5-3-6-13(17)9-12/h3-9H,10H2,1-2H3. The Balaban J connectivity index is 2.19. The van der Waals surface area contributed by atoms with Crippen LogP contribution in [-0.4, -0.2) is 17.9 Å². The van der Waals surface area contributed by atoms with Crippen LogP contribution in [0, 0.1) is 6.92 Å². The van der Waals surface area contributed by atoms with Crippen molar-refractivity contribution in [2.45, 2.75) is 13.5 Å². The summed E-state index contributed by atoms with van der Waals surface area (Å²) in [6.45, 7) is 2.42. The second-order valence-electron chi connectivity index (χ2n) is 4.70. The molecule has 0 aliphatic rings. The zero-order chi connectivity index (χ0) is 14.7. The van der Waals surface area contributed by atoms with Crippen molar-refractivity contribution in [1.29, 1.82) is 0 Å². The number of carbonyl (C=O) groups is 1. The summed E-state index contributed by atoms with van der Waals surface area (Å²) in [6.07, 6.45) is 0. The van der Waals surface area contributed by atoms with Crippen molar-refractivity contribution in [3.8, 4) is 0 Å². The molecule has 0 bridgehead atoms. The van der Waals surface area contributed by atoms with Gasteiger partial charge in [-0.2, -0.15) is 0 Å². The van der Waals surface area contributed by atoms with E-state index in [4.69, 9.17) is 11.6 Å². The van der Waals surface area contributed by atoms with Gasteiger partial charge in [0.25, 0.3) is 5.91 Å². The lowest BCUT2D eigenvalue weighted by Gasteiger charge is -2.19. The smallest absolute Gasteiger partial charge is 0.254 e. The molecule has 2 aromatic carbocycles. The SMILES string of the molecule is Cc1c(Cl)cccc1C(=O)N(C)Cc1cccc(Br)c1. The lowest BCUT2D eigenvalue weighted by atomic mass is 10.1. The predicted octanol–water partition coefficient (Wildman–Crippen LogP) is 4.68. The lowest BCUT2D eigenvalue weighted by molar-refractivity contribution is 0.0784. The topological polar surface area (TPSA) is 20.3 Å². The molecule has 0 atom stereocenters. The van der Waals surface area contributed by atoms with Gasteiger partial charge in [0.15, 0.2) is 0 Å². The van der Waals surface area contributed by atoms with Crippen molar-refractivity contribution >= 4 is 33.4 Å². The second kappa shape index (κ2) is 6.42. The molecule has 2 rings (SSSR count). The van der Waals surface area contributed by atoms with Gasteiger partial charge < -0.3 is 4.90 Å². The number of rotatable bonds is 3. The molecular formula is C16H15BrClNO. The molecule has 0 radical (unpaired) electrons. The van der Waals surface area contributed by atoms with Crippen molar-refractivity contribution in [2.24, 2.45) is 0 Å². The molecule has 4 heteroatoms. The highest BCUT2D eigenvalue weighted by Gasteiger charge is 2.15. The maximum Gasteiger partial charge on any atom is 0.254 e. The lowest BCUT2D eigenvalue weighted by Crippen LogP contribution is -2.26. The van der Waals surface area contributed by atoms with Crippen LogP contribution in [0.15, 0.2) is 46.9 Å².